The Labute approximate surface area is 116 Å². The summed E-state index contributed by atoms with van der Waals surface area (Å²) in [6.07, 6.45) is 1.58. The third-order valence-electron chi connectivity index (χ3n) is 2.48. The zero-order valence-corrected chi connectivity index (χ0v) is 11.3. The molecule has 104 valence electrons. The molecular formula is C14H15N3O3. The van der Waals surface area contributed by atoms with Crippen LogP contribution >= 0.6 is 0 Å². The summed E-state index contributed by atoms with van der Waals surface area (Å²) in [5.74, 6) is 0.452. The highest BCUT2D eigenvalue weighted by Gasteiger charge is 2.05. The lowest BCUT2D eigenvalue weighted by Crippen LogP contribution is -2.20. The van der Waals surface area contributed by atoms with Crippen LogP contribution in [0.15, 0.2) is 36.5 Å². The van der Waals surface area contributed by atoms with Crippen molar-refractivity contribution in [2.24, 2.45) is 0 Å². The van der Waals surface area contributed by atoms with Crippen molar-refractivity contribution >= 4 is 11.6 Å². The van der Waals surface area contributed by atoms with E-state index in [1.54, 1.807) is 43.6 Å². The van der Waals surface area contributed by atoms with Crippen LogP contribution in [0.2, 0.25) is 0 Å². The molecule has 20 heavy (non-hydrogen) atoms. The fourth-order valence-electron chi connectivity index (χ4n) is 1.50. The van der Waals surface area contributed by atoms with E-state index in [0.29, 0.717) is 5.69 Å². The number of anilines is 1. The van der Waals surface area contributed by atoms with Crippen LogP contribution in [0.5, 0.6) is 11.8 Å². The molecular weight excluding hydrogens is 258 g/mol. The minimum Gasteiger partial charge on any atom is -0.497 e. The number of hydrogen-bond donors (Lipinski definition) is 1. The Balaban J connectivity index is 1.85. The number of aryl methyl sites for hydroxylation is 1. The molecule has 0 aliphatic rings. The molecule has 2 aromatic rings. The fraction of sp³-hybridized carbons (Fsp3) is 0.214. The maximum absolute atomic E-state index is 11.7. The first-order valence-corrected chi connectivity index (χ1v) is 6.04. The van der Waals surface area contributed by atoms with Crippen LogP contribution in [0.25, 0.3) is 0 Å². The molecule has 1 aromatic carbocycles. The van der Waals surface area contributed by atoms with Gasteiger partial charge in [0.15, 0.2) is 6.61 Å². The topological polar surface area (TPSA) is 73.3 Å². The lowest BCUT2D eigenvalue weighted by atomic mass is 10.3. The summed E-state index contributed by atoms with van der Waals surface area (Å²) in [6.45, 7) is 1.68. The second-order valence-corrected chi connectivity index (χ2v) is 4.05. The van der Waals surface area contributed by atoms with Crippen LogP contribution < -0.4 is 14.8 Å². The second kappa shape index (κ2) is 6.51. The van der Waals surface area contributed by atoms with Gasteiger partial charge in [-0.15, -0.1) is 0 Å². The SMILES string of the molecule is COc1ccc(NC(=O)COc2nccc(C)n2)cc1. The summed E-state index contributed by atoms with van der Waals surface area (Å²) in [5, 5.41) is 2.70. The molecule has 0 bridgehead atoms. The van der Waals surface area contributed by atoms with E-state index in [2.05, 4.69) is 15.3 Å². The molecule has 1 amide bonds. The lowest BCUT2D eigenvalue weighted by Gasteiger charge is -2.07. The molecule has 0 unspecified atom stereocenters. The molecule has 0 spiro atoms. The Kier molecular flexibility index (Phi) is 4.49. The average molecular weight is 273 g/mol. The molecule has 0 saturated carbocycles. The predicted octanol–water partition coefficient (Wildman–Crippen LogP) is 1.81. The number of aromatic nitrogens is 2. The van der Waals surface area contributed by atoms with Gasteiger partial charge in [0.05, 0.1) is 7.11 Å². The van der Waals surface area contributed by atoms with Gasteiger partial charge in [-0.05, 0) is 37.3 Å². The Hall–Kier alpha value is -2.63. The van der Waals surface area contributed by atoms with E-state index in [9.17, 15) is 4.79 Å². The van der Waals surface area contributed by atoms with Crippen LogP contribution in [0.3, 0.4) is 0 Å². The predicted molar refractivity (Wildman–Crippen MR) is 73.9 cm³/mol. The number of benzene rings is 1. The molecule has 1 aromatic heterocycles. The van der Waals surface area contributed by atoms with Gasteiger partial charge in [0.1, 0.15) is 5.75 Å². The van der Waals surface area contributed by atoms with E-state index >= 15 is 0 Å². The van der Waals surface area contributed by atoms with Crippen LogP contribution in [0.4, 0.5) is 5.69 Å². The van der Waals surface area contributed by atoms with E-state index in [-0.39, 0.29) is 18.5 Å². The molecule has 0 radical (unpaired) electrons. The van der Waals surface area contributed by atoms with Crippen molar-refractivity contribution in [2.75, 3.05) is 19.0 Å². The van der Waals surface area contributed by atoms with Gasteiger partial charge in [-0.3, -0.25) is 4.79 Å². The van der Waals surface area contributed by atoms with Gasteiger partial charge in [0, 0.05) is 17.6 Å². The number of methoxy groups -OCH3 is 1. The first-order valence-electron chi connectivity index (χ1n) is 6.04. The molecule has 1 N–H and O–H groups in total. The van der Waals surface area contributed by atoms with Crippen LogP contribution in [0, 0.1) is 6.92 Å². The van der Waals surface area contributed by atoms with Crippen molar-refractivity contribution in [1.29, 1.82) is 0 Å². The number of rotatable bonds is 5. The van der Waals surface area contributed by atoms with E-state index in [1.165, 1.54) is 0 Å². The number of nitrogens with one attached hydrogen (secondary N) is 1. The minimum absolute atomic E-state index is 0.143. The van der Waals surface area contributed by atoms with Gasteiger partial charge >= 0.3 is 6.01 Å². The summed E-state index contributed by atoms with van der Waals surface area (Å²) >= 11 is 0. The van der Waals surface area contributed by atoms with Gasteiger partial charge in [-0.25, -0.2) is 9.97 Å². The Morgan fingerprint density at radius 2 is 2.00 bits per heavy atom. The quantitative estimate of drug-likeness (QED) is 0.899. The maximum Gasteiger partial charge on any atom is 0.317 e. The number of hydrogen-bond acceptors (Lipinski definition) is 5. The van der Waals surface area contributed by atoms with Gasteiger partial charge < -0.3 is 14.8 Å². The minimum atomic E-state index is -0.278. The van der Waals surface area contributed by atoms with Crippen molar-refractivity contribution in [1.82, 2.24) is 9.97 Å². The van der Waals surface area contributed by atoms with Gasteiger partial charge in [-0.1, -0.05) is 0 Å². The van der Waals surface area contributed by atoms with Crippen LogP contribution in [-0.4, -0.2) is 29.6 Å². The second-order valence-electron chi connectivity index (χ2n) is 4.05. The lowest BCUT2D eigenvalue weighted by molar-refractivity contribution is -0.118. The van der Waals surface area contributed by atoms with E-state index < -0.39 is 0 Å². The molecule has 2 rings (SSSR count). The van der Waals surface area contributed by atoms with Crippen molar-refractivity contribution in [3.63, 3.8) is 0 Å². The van der Waals surface area contributed by atoms with Crippen LogP contribution in [0.1, 0.15) is 5.69 Å². The summed E-state index contributed by atoms with van der Waals surface area (Å²) in [4.78, 5) is 19.7. The Morgan fingerprint density at radius 1 is 1.25 bits per heavy atom. The zero-order valence-electron chi connectivity index (χ0n) is 11.3. The smallest absolute Gasteiger partial charge is 0.317 e. The molecule has 0 fully saturated rings. The highest BCUT2D eigenvalue weighted by molar-refractivity contribution is 5.91. The average Bonchev–Trinajstić information content (AvgIpc) is 2.46. The van der Waals surface area contributed by atoms with Gasteiger partial charge in [-0.2, -0.15) is 0 Å². The number of amides is 1. The Morgan fingerprint density at radius 3 is 2.65 bits per heavy atom. The van der Waals surface area contributed by atoms with Crippen molar-refractivity contribution < 1.29 is 14.3 Å². The monoisotopic (exact) mass is 273 g/mol. The van der Waals surface area contributed by atoms with Crippen LogP contribution in [-0.2, 0) is 4.79 Å². The van der Waals surface area contributed by atoms with Crippen molar-refractivity contribution in [3.05, 3.63) is 42.2 Å². The highest BCUT2D eigenvalue weighted by Crippen LogP contribution is 2.14. The molecule has 0 atom stereocenters. The molecule has 0 aliphatic heterocycles. The number of ether oxygens (including phenoxy) is 2. The first kappa shape index (κ1) is 13.8. The number of carbonyl (C=O) groups excluding carboxylic acids is 1. The highest BCUT2D eigenvalue weighted by atomic mass is 16.5. The largest absolute Gasteiger partial charge is 0.497 e. The van der Waals surface area contributed by atoms with Crippen molar-refractivity contribution in [3.8, 4) is 11.8 Å². The summed E-state index contributed by atoms with van der Waals surface area (Å²) in [5.41, 5.74) is 1.45. The Bertz CT molecular complexity index is 584. The normalized spacial score (nSPS) is 9.90. The van der Waals surface area contributed by atoms with E-state index in [1.807, 2.05) is 6.92 Å². The molecule has 0 aliphatic carbocycles. The summed E-state index contributed by atoms with van der Waals surface area (Å²) in [6, 6.07) is 8.97. The van der Waals surface area contributed by atoms with E-state index in [0.717, 1.165) is 11.4 Å². The van der Waals surface area contributed by atoms with Crippen molar-refractivity contribution in [2.45, 2.75) is 6.92 Å². The van der Waals surface area contributed by atoms with Gasteiger partial charge in [0.2, 0.25) is 0 Å². The molecule has 0 saturated heterocycles. The summed E-state index contributed by atoms with van der Waals surface area (Å²) in [7, 11) is 1.59. The fourth-order valence-corrected chi connectivity index (χ4v) is 1.50. The third kappa shape index (κ3) is 3.94. The van der Waals surface area contributed by atoms with Gasteiger partial charge in [0.25, 0.3) is 5.91 Å². The standard InChI is InChI=1S/C14H15N3O3/c1-10-7-8-15-14(16-10)20-9-13(18)17-11-3-5-12(19-2)6-4-11/h3-8H,9H2,1-2H3,(H,17,18). The number of carbonyl (C=O) groups is 1. The zero-order chi connectivity index (χ0) is 14.4. The number of nitrogens with zero attached hydrogens (tertiary/aromatic N) is 2. The molecule has 1 heterocycles. The third-order valence-corrected chi connectivity index (χ3v) is 2.48. The summed E-state index contributed by atoms with van der Waals surface area (Å²) < 4.78 is 10.2. The molecule has 6 heteroatoms. The first-order chi connectivity index (χ1) is 9.67. The maximum atomic E-state index is 11.7. The molecule has 6 nitrogen and oxygen atoms in total. The van der Waals surface area contributed by atoms with E-state index in [4.69, 9.17) is 9.47 Å².